The van der Waals surface area contributed by atoms with Crippen LogP contribution in [0.4, 0.5) is 0 Å². The van der Waals surface area contributed by atoms with Crippen LogP contribution in [0.15, 0.2) is 48.5 Å². The van der Waals surface area contributed by atoms with E-state index in [2.05, 4.69) is 29.8 Å². The number of aryl methyl sites for hydroxylation is 1. The molecule has 34 heavy (non-hydrogen) atoms. The van der Waals surface area contributed by atoms with Gasteiger partial charge in [-0.05, 0) is 42.2 Å². The molecule has 176 valence electrons. The summed E-state index contributed by atoms with van der Waals surface area (Å²) in [6.07, 6.45) is 1.43. The number of aromatic nitrogens is 6. The summed E-state index contributed by atoms with van der Waals surface area (Å²) in [5.74, 6) is 0.0766. The second-order valence-electron chi connectivity index (χ2n) is 8.60. The smallest absolute Gasteiger partial charge is 0.354 e. The van der Waals surface area contributed by atoms with Crippen LogP contribution in [0.5, 0.6) is 0 Å². The van der Waals surface area contributed by atoms with Crippen molar-refractivity contribution >= 4 is 15.4 Å². The van der Waals surface area contributed by atoms with Gasteiger partial charge >= 0.3 is 5.97 Å². The molecule has 2 N–H and O–H groups in total. The molecule has 2 aromatic carbocycles. The zero-order valence-corrected chi connectivity index (χ0v) is 20.5. The summed E-state index contributed by atoms with van der Waals surface area (Å²) < 4.78 is 3.04. The minimum absolute atomic E-state index is 0.0250. The fourth-order valence-corrected chi connectivity index (χ4v) is 4.12. The van der Waals surface area contributed by atoms with Crippen molar-refractivity contribution in [2.75, 3.05) is 0 Å². The first-order chi connectivity index (χ1) is 16.2. The van der Waals surface area contributed by atoms with Gasteiger partial charge in [0.05, 0.1) is 0 Å². The van der Waals surface area contributed by atoms with Gasteiger partial charge in [-0.1, -0.05) is 55.5 Å². The Kier molecular flexibility index (Phi) is 6.59. The van der Waals surface area contributed by atoms with Crippen LogP contribution in [0, 0.1) is 0 Å². The van der Waals surface area contributed by atoms with Gasteiger partial charge in [0.1, 0.15) is 17.1 Å². The highest BCUT2D eigenvalue weighted by Gasteiger charge is 2.31. The highest BCUT2D eigenvalue weighted by Crippen LogP contribution is 2.31. The molecule has 4 aromatic rings. The number of benzene rings is 2. The second-order valence-corrected chi connectivity index (χ2v) is 9.06. The Morgan fingerprint density at radius 3 is 2.32 bits per heavy atom. The SMILES string of the molecule is CCCc1nc(C(C)(C)O)c(C(=O)O)n1Cc1ccc(-c2ccccc2-c2nnn(P)n2)cc1. The molecule has 0 saturated carbocycles. The first-order valence-electron chi connectivity index (χ1n) is 11.0. The molecule has 9 nitrogen and oxygen atoms in total. The number of tetrazole rings is 1. The molecule has 0 spiro atoms. The van der Waals surface area contributed by atoms with Crippen molar-refractivity contribution in [1.82, 2.24) is 29.5 Å². The average Bonchev–Trinajstić information content (AvgIpc) is 3.38. The molecule has 2 aromatic heterocycles. The average molecular weight is 478 g/mol. The Hall–Kier alpha value is -3.42. The fraction of sp³-hybridized carbons (Fsp3) is 0.292. The van der Waals surface area contributed by atoms with E-state index in [0.717, 1.165) is 28.7 Å². The van der Waals surface area contributed by atoms with Crippen LogP contribution in [-0.2, 0) is 18.6 Å². The van der Waals surface area contributed by atoms with E-state index in [9.17, 15) is 15.0 Å². The summed E-state index contributed by atoms with van der Waals surface area (Å²) in [6.45, 7) is 5.46. The molecular weight excluding hydrogens is 451 g/mol. The molecule has 10 heteroatoms. The fourth-order valence-electron chi connectivity index (χ4n) is 3.96. The Morgan fingerprint density at radius 1 is 1.09 bits per heavy atom. The number of hydrogen-bond donors (Lipinski definition) is 2. The monoisotopic (exact) mass is 478 g/mol. The predicted octanol–water partition coefficient (Wildman–Crippen LogP) is 3.77. The predicted molar refractivity (Wildman–Crippen MR) is 131 cm³/mol. The lowest BCUT2D eigenvalue weighted by atomic mass is 9.98. The summed E-state index contributed by atoms with van der Waals surface area (Å²) in [6, 6.07) is 15.8. The molecular formula is C24H27N6O3P. The lowest BCUT2D eigenvalue weighted by Crippen LogP contribution is -2.22. The Balaban J connectivity index is 1.70. The number of hydrogen-bond acceptors (Lipinski definition) is 6. The number of imidazole rings is 1. The van der Waals surface area contributed by atoms with E-state index in [1.54, 1.807) is 18.4 Å². The Labute approximate surface area is 199 Å². The topological polar surface area (TPSA) is 119 Å². The third kappa shape index (κ3) is 4.76. The van der Waals surface area contributed by atoms with Gasteiger partial charge in [0, 0.05) is 27.9 Å². The van der Waals surface area contributed by atoms with Crippen molar-refractivity contribution in [2.45, 2.75) is 45.8 Å². The minimum atomic E-state index is -1.36. The quantitative estimate of drug-likeness (QED) is 0.370. The normalized spacial score (nSPS) is 11.7. The van der Waals surface area contributed by atoms with E-state index in [0.29, 0.717) is 24.6 Å². The summed E-state index contributed by atoms with van der Waals surface area (Å²) >= 11 is 0. The van der Waals surface area contributed by atoms with Crippen molar-refractivity contribution in [3.8, 4) is 22.5 Å². The van der Waals surface area contributed by atoms with Crippen LogP contribution in [-0.4, -0.2) is 45.7 Å². The Morgan fingerprint density at radius 2 is 1.76 bits per heavy atom. The van der Waals surface area contributed by atoms with Crippen LogP contribution in [0.25, 0.3) is 22.5 Å². The number of carboxylic acids is 1. The van der Waals surface area contributed by atoms with Gasteiger partial charge in [0.2, 0.25) is 5.82 Å². The zero-order valence-electron chi connectivity index (χ0n) is 19.3. The van der Waals surface area contributed by atoms with Crippen molar-refractivity contribution in [1.29, 1.82) is 0 Å². The van der Waals surface area contributed by atoms with Gasteiger partial charge in [0.15, 0.2) is 5.69 Å². The third-order valence-corrected chi connectivity index (χ3v) is 5.72. The van der Waals surface area contributed by atoms with E-state index in [-0.39, 0.29) is 11.4 Å². The molecule has 1 atom stereocenters. The molecule has 0 bridgehead atoms. The number of aliphatic hydroxyl groups is 1. The van der Waals surface area contributed by atoms with Gasteiger partial charge in [-0.25, -0.2) is 9.78 Å². The molecule has 0 fully saturated rings. The standard InChI is InChI=1S/C24H27N6O3P/c1-4-7-19-25-21(24(2,3)33)20(23(31)32)29(19)14-15-10-12-16(13-11-15)17-8-5-6-9-18(17)22-26-28-30(34)27-22/h5-6,8-13,33H,4,7,14,34H2,1-3H3,(H,31,32). The molecule has 0 radical (unpaired) electrons. The van der Waals surface area contributed by atoms with Gasteiger partial charge < -0.3 is 14.8 Å². The Bertz CT molecular complexity index is 1320. The summed E-state index contributed by atoms with van der Waals surface area (Å²) in [7, 11) is 2.37. The first-order valence-corrected chi connectivity index (χ1v) is 11.5. The van der Waals surface area contributed by atoms with Crippen molar-refractivity contribution in [2.24, 2.45) is 0 Å². The number of rotatable bonds is 8. The molecule has 2 heterocycles. The van der Waals surface area contributed by atoms with Crippen molar-refractivity contribution in [3.05, 3.63) is 71.3 Å². The minimum Gasteiger partial charge on any atom is -0.477 e. The number of aromatic carboxylic acids is 1. The first kappa shape index (κ1) is 23.7. The zero-order chi connectivity index (χ0) is 24.5. The third-order valence-electron chi connectivity index (χ3n) is 5.50. The van der Waals surface area contributed by atoms with Crippen LogP contribution < -0.4 is 0 Å². The second kappa shape index (κ2) is 9.44. The van der Waals surface area contributed by atoms with Crippen LogP contribution >= 0.6 is 9.39 Å². The molecule has 1 unspecified atom stereocenters. The maximum absolute atomic E-state index is 12.1. The van der Waals surface area contributed by atoms with Crippen LogP contribution in [0.1, 0.15) is 54.8 Å². The van der Waals surface area contributed by atoms with Crippen molar-refractivity contribution in [3.63, 3.8) is 0 Å². The molecule has 4 rings (SSSR count). The van der Waals surface area contributed by atoms with E-state index in [4.69, 9.17) is 0 Å². The van der Waals surface area contributed by atoms with E-state index >= 15 is 0 Å². The van der Waals surface area contributed by atoms with E-state index in [1.807, 2.05) is 55.5 Å². The summed E-state index contributed by atoms with van der Waals surface area (Å²) in [5, 5.41) is 32.7. The van der Waals surface area contributed by atoms with E-state index in [1.165, 1.54) is 4.57 Å². The maximum Gasteiger partial charge on any atom is 0.354 e. The van der Waals surface area contributed by atoms with Crippen molar-refractivity contribution < 1.29 is 15.0 Å². The lowest BCUT2D eigenvalue weighted by Gasteiger charge is -2.16. The van der Waals surface area contributed by atoms with Crippen LogP contribution in [0.3, 0.4) is 0 Å². The summed E-state index contributed by atoms with van der Waals surface area (Å²) in [5.41, 5.74) is 2.59. The molecule has 0 amide bonds. The largest absolute Gasteiger partial charge is 0.477 e. The lowest BCUT2D eigenvalue weighted by molar-refractivity contribution is 0.0602. The van der Waals surface area contributed by atoms with E-state index < -0.39 is 11.6 Å². The molecule has 0 saturated heterocycles. The highest BCUT2D eigenvalue weighted by molar-refractivity contribution is 7.14. The highest BCUT2D eigenvalue weighted by atomic mass is 31.0. The van der Waals surface area contributed by atoms with Gasteiger partial charge in [-0.3, -0.25) is 0 Å². The number of carboxylic acid groups (broad SMARTS) is 1. The van der Waals surface area contributed by atoms with Gasteiger partial charge in [-0.2, -0.15) is 4.57 Å². The van der Waals surface area contributed by atoms with Gasteiger partial charge in [-0.15, -0.1) is 10.2 Å². The number of nitrogens with zero attached hydrogens (tertiary/aromatic N) is 6. The molecule has 0 aliphatic heterocycles. The molecule has 0 aliphatic rings. The molecule has 0 aliphatic carbocycles. The maximum atomic E-state index is 12.1. The van der Waals surface area contributed by atoms with Gasteiger partial charge in [0.25, 0.3) is 0 Å². The van der Waals surface area contributed by atoms with Crippen LogP contribution in [0.2, 0.25) is 0 Å². The number of carbonyl (C=O) groups is 1. The summed E-state index contributed by atoms with van der Waals surface area (Å²) in [4.78, 5) is 16.6.